The second-order valence-corrected chi connectivity index (χ2v) is 2.80. The minimum Gasteiger partial charge on any atom is -0.507 e. The molecular weight excluding hydrogens is 168 g/mol. The lowest BCUT2D eigenvalue weighted by molar-refractivity contribution is 0.426. The fraction of sp³-hybridized carbons (Fsp3) is 0. The molecule has 0 heterocycles. The highest BCUT2D eigenvalue weighted by atomic mass is 32.1. The lowest BCUT2D eigenvalue weighted by atomic mass is 10.3. The predicted molar refractivity (Wildman–Crippen MR) is 44.3 cm³/mol. The van der Waals surface area contributed by atoms with Gasteiger partial charge in [-0.05, 0) is 12.1 Å². The van der Waals surface area contributed by atoms with E-state index in [4.69, 9.17) is 10.2 Å². The zero-order valence-corrected chi connectivity index (χ0v) is 6.73. The number of rotatable bonds is 0. The topological polar surface area (TPSA) is 40.5 Å². The molecule has 2 N–H and O–H groups in total. The fourth-order valence-corrected chi connectivity index (χ4v) is 0.963. The van der Waals surface area contributed by atoms with Crippen LogP contribution in [0.15, 0.2) is 21.9 Å². The Bertz CT molecular complexity index is 237. The van der Waals surface area contributed by atoms with Crippen LogP contribution in [0.1, 0.15) is 0 Å². The van der Waals surface area contributed by atoms with Gasteiger partial charge in [0.05, 0.1) is 4.90 Å². The maximum absolute atomic E-state index is 9.00. The number of hydrogen-bond donors (Lipinski definition) is 4. The summed E-state index contributed by atoms with van der Waals surface area (Å²) in [7, 11) is 0. The largest absolute Gasteiger partial charge is 0.507 e. The number of benzene rings is 1. The number of phenolic OH excluding ortho intramolecular Hbond substituents is 2. The normalized spacial score (nSPS) is 9.80. The first kappa shape index (κ1) is 7.63. The molecule has 0 saturated heterocycles. The predicted octanol–water partition coefficient (Wildman–Crippen LogP) is 1.68. The molecule has 0 aliphatic rings. The first-order chi connectivity index (χ1) is 4.61. The van der Waals surface area contributed by atoms with Gasteiger partial charge in [0, 0.05) is 4.90 Å². The standard InChI is InChI=1S/C6H6O2S2/c7-4-1-3(9)2-5(8)6(4)10/h1-2,7-10H. The van der Waals surface area contributed by atoms with Crippen molar-refractivity contribution in [2.24, 2.45) is 0 Å². The van der Waals surface area contributed by atoms with Gasteiger partial charge in [-0.1, -0.05) is 0 Å². The van der Waals surface area contributed by atoms with Crippen LogP contribution in [-0.2, 0) is 0 Å². The average Bonchev–Trinajstić information content (AvgIpc) is 1.82. The molecule has 2 nitrogen and oxygen atoms in total. The van der Waals surface area contributed by atoms with Gasteiger partial charge in [-0.15, -0.1) is 25.3 Å². The Balaban J connectivity index is 3.31. The molecule has 0 saturated carbocycles. The Hall–Kier alpha value is -0.480. The third-order valence-electron chi connectivity index (χ3n) is 1.05. The minimum absolute atomic E-state index is 0.0617. The quantitative estimate of drug-likeness (QED) is 0.452. The Labute approximate surface area is 69.3 Å². The summed E-state index contributed by atoms with van der Waals surface area (Å²) >= 11 is 7.74. The minimum atomic E-state index is -0.0617. The Morgan fingerprint density at radius 3 is 1.80 bits per heavy atom. The molecule has 0 unspecified atom stereocenters. The lowest BCUT2D eigenvalue weighted by Gasteiger charge is -2.00. The summed E-state index contributed by atoms with van der Waals surface area (Å²) < 4.78 is 0. The van der Waals surface area contributed by atoms with E-state index >= 15 is 0 Å². The molecular formula is C6H6O2S2. The number of thiol groups is 2. The van der Waals surface area contributed by atoms with Crippen LogP contribution in [0.25, 0.3) is 0 Å². The van der Waals surface area contributed by atoms with Crippen LogP contribution in [0, 0.1) is 0 Å². The van der Waals surface area contributed by atoms with Crippen molar-refractivity contribution in [2.75, 3.05) is 0 Å². The highest BCUT2D eigenvalue weighted by Crippen LogP contribution is 2.32. The fourth-order valence-electron chi connectivity index (χ4n) is 0.590. The van der Waals surface area contributed by atoms with Gasteiger partial charge in [-0.3, -0.25) is 0 Å². The van der Waals surface area contributed by atoms with Crippen molar-refractivity contribution in [3.05, 3.63) is 12.1 Å². The molecule has 0 spiro atoms. The first-order valence-corrected chi connectivity index (χ1v) is 3.44. The SMILES string of the molecule is Oc1cc(S)cc(O)c1S. The molecule has 0 atom stereocenters. The van der Waals surface area contributed by atoms with Crippen LogP contribution < -0.4 is 0 Å². The van der Waals surface area contributed by atoms with Crippen LogP contribution in [0.5, 0.6) is 11.5 Å². The number of aromatic hydroxyl groups is 2. The van der Waals surface area contributed by atoms with Crippen LogP contribution in [-0.4, -0.2) is 10.2 Å². The lowest BCUT2D eigenvalue weighted by Crippen LogP contribution is -1.72. The Morgan fingerprint density at radius 1 is 1.00 bits per heavy atom. The molecule has 0 aliphatic heterocycles. The second kappa shape index (κ2) is 2.64. The maximum atomic E-state index is 9.00. The van der Waals surface area contributed by atoms with E-state index in [1.165, 1.54) is 12.1 Å². The highest BCUT2D eigenvalue weighted by Gasteiger charge is 2.02. The van der Waals surface area contributed by atoms with Crippen molar-refractivity contribution in [1.82, 2.24) is 0 Å². The molecule has 1 rings (SSSR count). The summed E-state index contributed by atoms with van der Waals surface area (Å²) in [5, 5.41) is 18.0. The monoisotopic (exact) mass is 174 g/mol. The second-order valence-electron chi connectivity index (χ2n) is 1.83. The van der Waals surface area contributed by atoms with Gasteiger partial charge in [0.2, 0.25) is 0 Å². The third kappa shape index (κ3) is 1.33. The molecule has 0 bridgehead atoms. The van der Waals surface area contributed by atoms with Gasteiger partial charge in [0.15, 0.2) is 0 Å². The molecule has 0 aliphatic carbocycles. The van der Waals surface area contributed by atoms with Gasteiger partial charge in [0.25, 0.3) is 0 Å². The van der Waals surface area contributed by atoms with Crippen molar-refractivity contribution < 1.29 is 10.2 Å². The van der Waals surface area contributed by atoms with Gasteiger partial charge < -0.3 is 10.2 Å². The van der Waals surface area contributed by atoms with Gasteiger partial charge in [-0.2, -0.15) is 0 Å². The summed E-state index contributed by atoms with van der Waals surface area (Å²) in [5.74, 6) is -0.123. The molecule has 54 valence electrons. The molecule has 0 aromatic heterocycles. The van der Waals surface area contributed by atoms with E-state index in [1.54, 1.807) is 0 Å². The molecule has 1 aromatic carbocycles. The van der Waals surface area contributed by atoms with Gasteiger partial charge in [0.1, 0.15) is 11.5 Å². The van der Waals surface area contributed by atoms with Crippen molar-refractivity contribution in [3.63, 3.8) is 0 Å². The summed E-state index contributed by atoms with van der Waals surface area (Å²) in [5.41, 5.74) is 0. The van der Waals surface area contributed by atoms with E-state index in [0.717, 1.165) is 0 Å². The van der Waals surface area contributed by atoms with E-state index in [-0.39, 0.29) is 16.4 Å². The first-order valence-electron chi connectivity index (χ1n) is 2.55. The maximum Gasteiger partial charge on any atom is 0.133 e. The summed E-state index contributed by atoms with van der Waals surface area (Å²) in [6.45, 7) is 0. The van der Waals surface area contributed by atoms with Gasteiger partial charge >= 0.3 is 0 Å². The summed E-state index contributed by atoms with van der Waals surface area (Å²) in [4.78, 5) is 0.686. The number of hydrogen-bond acceptors (Lipinski definition) is 4. The molecule has 0 amide bonds. The van der Waals surface area contributed by atoms with Crippen LogP contribution in [0.2, 0.25) is 0 Å². The highest BCUT2D eigenvalue weighted by molar-refractivity contribution is 7.80. The van der Waals surface area contributed by atoms with Crippen molar-refractivity contribution >= 4 is 25.3 Å². The summed E-state index contributed by atoms with van der Waals surface area (Å²) in [6.07, 6.45) is 0. The third-order valence-corrected chi connectivity index (χ3v) is 1.77. The Morgan fingerprint density at radius 2 is 1.40 bits per heavy atom. The van der Waals surface area contributed by atoms with Crippen LogP contribution in [0.3, 0.4) is 0 Å². The van der Waals surface area contributed by atoms with Crippen LogP contribution in [0.4, 0.5) is 0 Å². The zero-order valence-electron chi connectivity index (χ0n) is 4.94. The molecule has 10 heavy (non-hydrogen) atoms. The van der Waals surface area contributed by atoms with E-state index in [9.17, 15) is 0 Å². The van der Waals surface area contributed by atoms with E-state index < -0.39 is 0 Å². The zero-order chi connectivity index (χ0) is 7.72. The molecule has 0 fully saturated rings. The van der Waals surface area contributed by atoms with Gasteiger partial charge in [-0.25, -0.2) is 0 Å². The molecule has 4 heteroatoms. The molecule has 0 radical (unpaired) electrons. The van der Waals surface area contributed by atoms with E-state index in [0.29, 0.717) is 4.90 Å². The average molecular weight is 174 g/mol. The van der Waals surface area contributed by atoms with E-state index in [1.807, 2.05) is 0 Å². The van der Waals surface area contributed by atoms with E-state index in [2.05, 4.69) is 25.3 Å². The molecule has 1 aromatic rings. The Kier molecular flexibility index (Phi) is 2.01. The van der Waals surface area contributed by atoms with Crippen molar-refractivity contribution in [2.45, 2.75) is 9.79 Å². The summed E-state index contributed by atoms with van der Waals surface area (Å²) in [6, 6.07) is 2.82. The number of phenols is 2. The van der Waals surface area contributed by atoms with Crippen molar-refractivity contribution in [3.8, 4) is 11.5 Å². The smallest absolute Gasteiger partial charge is 0.133 e. The van der Waals surface area contributed by atoms with Crippen molar-refractivity contribution in [1.29, 1.82) is 0 Å². The van der Waals surface area contributed by atoms with Crippen LogP contribution >= 0.6 is 25.3 Å².